The fourth-order valence-electron chi connectivity index (χ4n) is 1.30. The summed E-state index contributed by atoms with van der Waals surface area (Å²) in [4.78, 5) is 0. The van der Waals surface area contributed by atoms with Gasteiger partial charge in [-0.2, -0.15) is 0 Å². The van der Waals surface area contributed by atoms with Crippen LogP contribution in [0.25, 0.3) is 0 Å². The van der Waals surface area contributed by atoms with Crippen LogP contribution < -0.4 is 5.73 Å². The Morgan fingerprint density at radius 2 is 2.05 bits per heavy atom. The van der Waals surface area contributed by atoms with E-state index in [1.807, 2.05) is 20.8 Å². The third-order valence-electron chi connectivity index (χ3n) is 2.27. The predicted octanol–water partition coefficient (Wildman–Crippen LogP) is 0.605. The van der Waals surface area contributed by atoms with E-state index in [0.717, 1.165) is 0 Å². The first kappa shape index (κ1) is 13.9. The van der Waals surface area contributed by atoms with Gasteiger partial charge in [0.2, 0.25) is 16.9 Å². The van der Waals surface area contributed by atoms with Gasteiger partial charge in [-0.05, 0) is 10.4 Å². The molecule has 0 fully saturated rings. The summed E-state index contributed by atoms with van der Waals surface area (Å²) in [5, 5.41) is 20.1. The number of hydrogen-bond acceptors (Lipinski definition) is 8. The van der Waals surface area contributed by atoms with Crippen LogP contribution in [0.2, 0.25) is 0 Å². The lowest BCUT2D eigenvalue weighted by Crippen LogP contribution is -2.12. The van der Waals surface area contributed by atoms with E-state index in [-0.39, 0.29) is 5.41 Å². The number of rotatable bonds is 5. The highest BCUT2D eigenvalue weighted by molar-refractivity contribution is 7.98. The van der Waals surface area contributed by atoms with Gasteiger partial charge in [0.25, 0.3) is 0 Å². The summed E-state index contributed by atoms with van der Waals surface area (Å²) < 4.78 is 7.26. The van der Waals surface area contributed by atoms with Crippen molar-refractivity contribution in [3.8, 4) is 0 Å². The van der Waals surface area contributed by atoms with Gasteiger partial charge in [-0.1, -0.05) is 32.5 Å². The standard InChI is InChI=1S/C10H17N7OS/c1-10(2,3)8-13-12-7(18-8)6-19-9-14-15-16-17(9)5-4-11/h4-6,11H2,1-3H3. The van der Waals surface area contributed by atoms with Gasteiger partial charge in [0.05, 0.1) is 12.3 Å². The van der Waals surface area contributed by atoms with Gasteiger partial charge < -0.3 is 10.2 Å². The first-order chi connectivity index (χ1) is 9.00. The largest absolute Gasteiger partial charge is 0.424 e. The number of nitrogens with zero attached hydrogens (tertiary/aromatic N) is 6. The average Bonchev–Trinajstić information content (AvgIpc) is 2.94. The molecule has 0 bridgehead atoms. The zero-order chi connectivity index (χ0) is 13.9. The predicted molar refractivity (Wildman–Crippen MR) is 69.4 cm³/mol. The SMILES string of the molecule is CC(C)(C)c1nnc(CSc2nnnn2CCN)o1. The van der Waals surface area contributed by atoms with Gasteiger partial charge in [0.1, 0.15) is 0 Å². The highest BCUT2D eigenvalue weighted by Crippen LogP contribution is 2.23. The van der Waals surface area contributed by atoms with Crippen LogP contribution in [0.3, 0.4) is 0 Å². The van der Waals surface area contributed by atoms with Gasteiger partial charge in [0.15, 0.2) is 0 Å². The summed E-state index contributed by atoms with van der Waals surface area (Å²) in [6, 6.07) is 0. The van der Waals surface area contributed by atoms with E-state index in [0.29, 0.717) is 35.8 Å². The van der Waals surface area contributed by atoms with Gasteiger partial charge in [-0.25, -0.2) is 4.68 Å². The Morgan fingerprint density at radius 1 is 1.26 bits per heavy atom. The minimum Gasteiger partial charge on any atom is -0.424 e. The van der Waals surface area contributed by atoms with Crippen LogP contribution >= 0.6 is 11.8 Å². The van der Waals surface area contributed by atoms with Crippen LogP contribution in [-0.2, 0) is 17.7 Å². The minimum atomic E-state index is -0.142. The number of aromatic nitrogens is 6. The third kappa shape index (κ3) is 3.51. The molecule has 19 heavy (non-hydrogen) atoms. The topological polar surface area (TPSA) is 109 Å². The van der Waals surface area contributed by atoms with Crippen molar-refractivity contribution in [2.45, 2.75) is 43.6 Å². The van der Waals surface area contributed by atoms with Crippen molar-refractivity contribution in [2.24, 2.45) is 5.73 Å². The second kappa shape index (κ2) is 5.66. The van der Waals surface area contributed by atoms with Crippen LogP contribution in [-0.4, -0.2) is 36.9 Å². The lowest BCUT2D eigenvalue weighted by molar-refractivity contribution is 0.378. The highest BCUT2D eigenvalue weighted by Gasteiger charge is 2.21. The molecule has 0 aliphatic heterocycles. The van der Waals surface area contributed by atoms with Crippen molar-refractivity contribution in [1.82, 2.24) is 30.4 Å². The molecule has 0 aromatic carbocycles. The van der Waals surface area contributed by atoms with Crippen LogP contribution in [0.4, 0.5) is 0 Å². The summed E-state index contributed by atoms with van der Waals surface area (Å²) in [6.07, 6.45) is 0. The quantitative estimate of drug-likeness (QED) is 0.795. The normalized spacial score (nSPS) is 12.0. The van der Waals surface area contributed by atoms with Crippen molar-refractivity contribution in [3.05, 3.63) is 11.8 Å². The van der Waals surface area contributed by atoms with E-state index in [2.05, 4.69) is 25.7 Å². The third-order valence-corrected chi connectivity index (χ3v) is 3.22. The summed E-state index contributed by atoms with van der Waals surface area (Å²) in [5.41, 5.74) is 5.34. The van der Waals surface area contributed by atoms with Gasteiger partial charge in [0, 0.05) is 12.0 Å². The van der Waals surface area contributed by atoms with Crippen molar-refractivity contribution >= 4 is 11.8 Å². The molecule has 2 heterocycles. The first-order valence-electron chi connectivity index (χ1n) is 5.92. The molecule has 0 spiro atoms. The zero-order valence-electron chi connectivity index (χ0n) is 11.2. The maximum atomic E-state index is 5.60. The first-order valence-corrected chi connectivity index (χ1v) is 6.91. The minimum absolute atomic E-state index is 0.142. The molecule has 2 aromatic rings. The zero-order valence-corrected chi connectivity index (χ0v) is 12.0. The van der Waals surface area contributed by atoms with Crippen molar-refractivity contribution in [1.29, 1.82) is 0 Å². The smallest absolute Gasteiger partial charge is 0.226 e. The molecule has 0 radical (unpaired) electrons. The molecule has 9 heteroatoms. The monoisotopic (exact) mass is 283 g/mol. The molecule has 0 atom stereocenters. The lowest BCUT2D eigenvalue weighted by atomic mass is 9.97. The molecule has 2 rings (SSSR count). The molecule has 2 aromatic heterocycles. The molecule has 2 N–H and O–H groups in total. The van der Waals surface area contributed by atoms with Crippen LogP contribution in [0.15, 0.2) is 9.57 Å². The summed E-state index contributed by atoms with van der Waals surface area (Å²) in [6.45, 7) is 7.16. The Kier molecular flexibility index (Phi) is 4.15. The Balaban J connectivity index is 1.99. The van der Waals surface area contributed by atoms with Crippen LogP contribution in [0, 0.1) is 0 Å². The van der Waals surface area contributed by atoms with Crippen LogP contribution in [0.1, 0.15) is 32.6 Å². The van der Waals surface area contributed by atoms with E-state index in [1.54, 1.807) is 4.68 Å². The van der Waals surface area contributed by atoms with E-state index in [4.69, 9.17) is 10.2 Å². The van der Waals surface area contributed by atoms with E-state index < -0.39 is 0 Å². The fourth-order valence-corrected chi connectivity index (χ4v) is 2.04. The molecule has 0 aliphatic carbocycles. The Bertz CT molecular complexity index is 530. The van der Waals surface area contributed by atoms with Crippen molar-refractivity contribution < 1.29 is 4.42 Å². The second-order valence-electron chi connectivity index (χ2n) is 5.01. The number of tetrazole rings is 1. The number of hydrogen-bond donors (Lipinski definition) is 1. The van der Waals surface area contributed by atoms with Crippen molar-refractivity contribution in [2.75, 3.05) is 6.54 Å². The van der Waals surface area contributed by atoms with Gasteiger partial charge in [-0.3, -0.25) is 0 Å². The Labute approximate surface area is 115 Å². The van der Waals surface area contributed by atoms with E-state index in [1.165, 1.54) is 11.8 Å². The fraction of sp³-hybridized carbons (Fsp3) is 0.700. The molecular formula is C10H17N7OS. The average molecular weight is 283 g/mol. The lowest BCUT2D eigenvalue weighted by Gasteiger charge is -2.10. The molecule has 8 nitrogen and oxygen atoms in total. The van der Waals surface area contributed by atoms with Crippen molar-refractivity contribution in [3.63, 3.8) is 0 Å². The summed E-state index contributed by atoms with van der Waals surface area (Å²) in [5.74, 6) is 1.73. The maximum absolute atomic E-state index is 5.60. The summed E-state index contributed by atoms with van der Waals surface area (Å²) in [7, 11) is 0. The number of thioether (sulfide) groups is 1. The summed E-state index contributed by atoms with van der Waals surface area (Å²) >= 11 is 1.45. The highest BCUT2D eigenvalue weighted by atomic mass is 32.2. The van der Waals surface area contributed by atoms with E-state index >= 15 is 0 Å². The van der Waals surface area contributed by atoms with Gasteiger partial charge in [-0.15, -0.1) is 15.3 Å². The molecule has 0 unspecified atom stereocenters. The molecule has 0 saturated carbocycles. The molecule has 0 aliphatic rings. The molecule has 0 saturated heterocycles. The Morgan fingerprint density at radius 3 is 2.68 bits per heavy atom. The molecule has 104 valence electrons. The van der Waals surface area contributed by atoms with Crippen LogP contribution in [0.5, 0.6) is 0 Å². The van der Waals surface area contributed by atoms with E-state index in [9.17, 15) is 0 Å². The molecular weight excluding hydrogens is 266 g/mol. The maximum Gasteiger partial charge on any atom is 0.226 e. The number of nitrogens with two attached hydrogens (primary N) is 1. The Hall–Kier alpha value is -1.48. The molecule has 0 amide bonds. The second-order valence-corrected chi connectivity index (χ2v) is 5.96. The van der Waals surface area contributed by atoms with Gasteiger partial charge >= 0.3 is 0 Å².